The van der Waals surface area contributed by atoms with Crippen molar-refractivity contribution in [2.75, 3.05) is 13.6 Å². The molecular formula is C17H20ClNO. The predicted molar refractivity (Wildman–Crippen MR) is 85.7 cm³/mol. The second kappa shape index (κ2) is 6.78. The van der Waals surface area contributed by atoms with Crippen molar-refractivity contribution in [2.45, 2.75) is 18.9 Å². The molecule has 0 saturated carbocycles. The quantitative estimate of drug-likeness (QED) is 0.852. The van der Waals surface area contributed by atoms with Crippen LogP contribution in [0.5, 0.6) is 5.75 Å². The molecule has 0 fully saturated rings. The molecule has 0 aromatic heterocycles. The van der Waals surface area contributed by atoms with E-state index in [-0.39, 0.29) is 18.5 Å². The zero-order chi connectivity index (χ0) is 13.1. The molecule has 0 amide bonds. The van der Waals surface area contributed by atoms with E-state index in [0.717, 1.165) is 25.1 Å². The summed E-state index contributed by atoms with van der Waals surface area (Å²) in [5.74, 6) is 1.01. The molecule has 2 nitrogen and oxygen atoms in total. The van der Waals surface area contributed by atoms with Crippen molar-refractivity contribution in [3.8, 4) is 16.9 Å². The maximum Gasteiger partial charge on any atom is 0.128 e. The maximum atomic E-state index is 6.18. The highest BCUT2D eigenvalue weighted by Crippen LogP contribution is 2.43. The smallest absolute Gasteiger partial charge is 0.128 e. The van der Waals surface area contributed by atoms with E-state index < -0.39 is 0 Å². The molecule has 0 aliphatic carbocycles. The Morgan fingerprint density at radius 1 is 1.00 bits per heavy atom. The van der Waals surface area contributed by atoms with Crippen LogP contribution in [0.15, 0.2) is 48.5 Å². The van der Waals surface area contributed by atoms with Crippen molar-refractivity contribution < 1.29 is 4.74 Å². The van der Waals surface area contributed by atoms with E-state index in [1.165, 1.54) is 16.7 Å². The van der Waals surface area contributed by atoms with E-state index in [2.05, 4.69) is 47.8 Å². The molecule has 2 aromatic rings. The maximum absolute atomic E-state index is 6.18. The van der Waals surface area contributed by atoms with Gasteiger partial charge in [-0.25, -0.2) is 0 Å². The zero-order valence-corrected chi connectivity index (χ0v) is 12.5. The van der Waals surface area contributed by atoms with Crippen LogP contribution in [0.1, 0.15) is 24.5 Å². The number of para-hydroxylation sites is 1. The van der Waals surface area contributed by atoms with E-state index >= 15 is 0 Å². The Bertz CT molecular complexity index is 570. The summed E-state index contributed by atoms with van der Waals surface area (Å²) in [5.41, 5.74) is 3.85. The summed E-state index contributed by atoms with van der Waals surface area (Å²) in [6.45, 7) is 1.03. The third kappa shape index (κ3) is 2.82. The first-order valence-electron chi connectivity index (χ1n) is 6.90. The highest BCUT2D eigenvalue weighted by molar-refractivity contribution is 5.85. The Kier molecular flexibility index (Phi) is 5.05. The lowest BCUT2D eigenvalue weighted by Gasteiger charge is -2.28. The van der Waals surface area contributed by atoms with Gasteiger partial charge >= 0.3 is 0 Å². The molecule has 1 heterocycles. The molecule has 3 heteroatoms. The van der Waals surface area contributed by atoms with Crippen molar-refractivity contribution in [2.24, 2.45) is 0 Å². The minimum atomic E-state index is 0. The van der Waals surface area contributed by atoms with Crippen LogP contribution >= 0.6 is 12.4 Å². The Morgan fingerprint density at radius 2 is 1.70 bits per heavy atom. The lowest BCUT2D eigenvalue weighted by atomic mass is 9.91. The van der Waals surface area contributed by atoms with Gasteiger partial charge in [-0.3, -0.25) is 0 Å². The average molecular weight is 290 g/mol. The van der Waals surface area contributed by atoms with Gasteiger partial charge in [0, 0.05) is 11.1 Å². The Hall–Kier alpha value is -1.51. The van der Waals surface area contributed by atoms with Gasteiger partial charge in [-0.1, -0.05) is 42.5 Å². The van der Waals surface area contributed by atoms with Crippen LogP contribution in [-0.4, -0.2) is 13.6 Å². The molecule has 1 N–H and O–H groups in total. The number of hydrogen-bond donors (Lipinski definition) is 1. The zero-order valence-electron chi connectivity index (χ0n) is 11.6. The first-order valence-corrected chi connectivity index (χ1v) is 6.90. The number of halogens is 1. The van der Waals surface area contributed by atoms with Crippen molar-refractivity contribution >= 4 is 12.4 Å². The monoisotopic (exact) mass is 289 g/mol. The number of nitrogens with one attached hydrogen (secondary N) is 1. The lowest BCUT2D eigenvalue weighted by Crippen LogP contribution is -2.16. The predicted octanol–water partition coefficient (Wildman–Crippen LogP) is 4.21. The van der Waals surface area contributed by atoms with Gasteiger partial charge in [-0.15, -0.1) is 12.4 Å². The molecule has 106 valence electrons. The van der Waals surface area contributed by atoms with Gasteiger partial charge in [0.25, 0.3) is 0 Å². The summed E-state index contributed by atoms with van der Waals surface area (Å²) in [6, 6.07) is 16.9. The molecule has 2 aromatic carbocycles. The standard InChI is InChI=1S/C17H19NO.ClH/c1-18-12-6-11-17-15-8-3-2-7-13(15)14-9-4-5-10-16(14)19-17;/h2-5,7-10,17-18H,6,11-12H2,1H3;1H. The molecule has 1 aliphatic rings. The first kappa shape index (κ1) is 14.9. The van der Waals surface area contributed by atoms with Crippen LogP contribution in [0, 0.1) is 0 Å². The van der Waals surface area contributed by atoms with Crippen LogP contribution in [0.2, 0.25) is 0 Å². The molecule has 1 atom stereocenters. The number of fused-ring (bicyclic) bond motifs is 3. The molecule has 0 radical (unpaired) electrons. The molecule has 20 heavy (non-hydrogen) atoms. The Balaban J connectivity index is 0.00000147. The second-order valence-electron chi connectivity index (χ2n) is 4.94. The summed E-state index contributed by atoms with van der Waals surface area (Å²) < 4.78 is 6.18. The Labute approximate surface area is 126 Å². The van der Waals surface area contributed by atoms with Gasteiger partial charge in [0.1, 0.15) is 11.9 Å². The molecule has 3 rings (SSSR count). The van der Waals surface area contributed by atoms with E-state index in [9.17, 15) is 0 Å². The molecule has 0 spiro atoms. The van der Waals surface area contributed by atoms with Gasteiger partial charge in [-0.05, 0) is 38.1 Å². The molecular weight excluding hydrogens is 270 g/mol. The summed E-state index contributed by atoms with van der Waals surface area (Å²) >= 11 is 0. The number of benzene rings is 2. The van der Waals surface area contributed by atoms with E-state index in [4.69, 9.17) is 4.74 Å². The van der Waals surface area contributed by atoms with Crippen LogP contribution in [-0.2, 0) is 0 Å². The summed E-state index contributed by atoms with van der Waals surface area (Å²) in [5, 5.41) is 3.19. The van der Waals surface area contributed by atoms with Gasteiger partial charge in [0.2, 0.25) is 0 Å². The number of hydrogen-bond acceptors (Lipinski definition) is 2. The van der Waals surface area contributed by atoms with Crippen LogP contribution in [0.4, 0.5) is 0 Å². The van der Waals surface area contributed by atoms with E-state index in [1.54, 1.807) is 0 Å². The fraction of sp³-hybridized carbons (Fsp3) is 0.294. The topological polar surface area (TPSA) is 21.3 Å². The third-order valence-corrected chi connectivity index (χ3v) is 3.65. The van der Waals surface area contributed by atoms with Crippen molar-refractivity contribution in [1.29, 1.82) is 0 Å². The summed E-state index contributed by atoms with van der Waals surface area (Å²) in [4.78, 5) is 0. The molecule has 1 aliphatic heterocycles. The normalized spacial score (nSPS) is 15.6. The Morgan fingerprint density at radius 3 is 2.50 bits per heavy atom. The van der Waals surface area contributed by atoms with Crippen molar-refractivity contribution in [1.82, 2.24) is 5.32 Å². The van der Waals surface area contributed by atoms with Crippen LogP contribution < -0.4 is 10.1 Å². The highest BCUT2D eigenvalue weighted by Gasteiger charge is 2.24. The fourth-order valence-corrected chi connectivity index (χ4v) is 2.71. The van der Waals surface area contributed by atoms with Gasteiger partial charge in [0.05, 0.1) is 0 Å². The van der Waals surface area contributed by atoms with Crippen LogP contribution in [0.25, 0.3) is 11.1 Å². The van der Waals surface area contributed by atoms with Gasteiger partial charge < -0.3 is 10.1 Å². The fourth-order valence-electron chi connectivity index (χ4n) is 2.71. The van der Waals surface area contributed by atoms with Gasteiger partial charge in [-0.2, -0.15) is 0 Å². The third-order valence-electron chi connectivity index (χ3n) is 3.65. The van der Waals surface area contributed by atoms with E-state index in [1.807, 2.05) is 13.1 Å². The van der Waals surface area contributed by atoms with Crippen LogP contribution in [0.3, 0.4) is 0 Å². The van der Waals surface area contributed by atoms with Crippen molar-refractivity contribution in [3.05, 3.63) is 54.1 Å². The summed E-state index contributed by atoms with van der Waals surface area (Å²) in [7, 11) is 1.99. The largest absolute Gasteiger partial charge is 0.485 e. The summed E-state index contributed by atoms with van der Waals surface area (Å²) in [6.07, 6.45) is 2.35. The number of rotatable bonds is 4. The second-order valence-corrected chi connectivity index (χ2v) is 4.94. The number of ether oxygens (including phenoxy) is 1. The molecule has 1 unspecified atom stereocenters. The average Bonchev–Trinajstić information content (AvgIpc) is 2.47. The van der Waals surface area contributed by atoms with Gasteiger partial charge in [0.15, 0.2) is 0 Å². The van der Waals surface area contributed by atoms with Crippen molar-refractivity contribution in [3.63, 3.8) is 0 Å². The first-order chi connectivity index (χ1) is 9.40. The minimum absolute atomic E-state index is 0. The lowest BCUT2D eigenvalue weighted by molar-refractivity contribution is 0.188. The minimum Gasteiger partial charge on any atom is -0.485 e. The van der Waals surface area contributed by atoms with E-state index in [0.29, 0.717) is 0 Å². The SMILES string of the molecule is CNCCCC1Oc2ccccc2-c2ccccc21.Cl. The molecule has 0 bridgehead atoms. The highest BCUT2D eigenvalue weighted by atomic mass is 35.5. The molecule has 0 saturated heterocycles.